The molecule has 0 N–H and O–H groups in total. The van der Waals surface area contributed by atoms with Gasteiger partial charge in [0.25, 0.3) is 0 Å². The lowest BCUT2D eigenvalue weighted by Crippen LogP contribution is -2.50. The number of carbonyl (C=O) groups excluding carboxylic acids is 2. The Labute approximate surface area is 152 Å². The van der Waals surface area contributed by atoms with E-state index in [1.807, 2.05) is 11.8 Å². The average molecular weight is 362 g/mol. The molecule has 2 amide bonds. The third-order valence-electron chi connectivity index (χ3n) is 6.37. The fraction of sp³-hybridized carbons (Fsp3) is 0.600. The molecule has 0 radical (unpaired) electrons. The van der Waals surface area contributed by atoms with E-state index in [0.29, 0.717) is 26.1 Å². The van der Waals surface area contributed by atoms with E-state index in [2.05, 4.69) is 0 Å². The van der Waals surface area contributed by atoms with Gasteiger partial charge >= 0.3 is 0 Å². The molecule has 2 heterocycles. The van der Waals surface area contributed by atoms with Gasteiger partial charge in [0, 0.05) is 37.2 Å². The Bertz CT molecular complexity index is 762. The predicted molar refractivity (Wildman–Crippen MR) is 92.0 cm³/mol. The van der Waals surface area contributed by atoms with Gasteiger partial charge in [-0.25, -0.2) is 8.78 Å². The van der Waals surface area contributed by atoms with Crippen LogP contribution in [0.15, 0.2) is 18.2 Å². The van der Waals surface area contributed by atoms with E-state index in [1.54, 1.807) is 4.90 Å². The van der Waals surface area contributed by atoms with E-state index in [9.17, 15) is 18.4 Å². The number of hydrogen-bond donors (Lipinski definition) is 0. The largest absolute Gasteiger partial charge is 0.341 e. The summed E-state index contributed by atoms with van der Waals surface area (Å²) in [7, 11) is 0. The summed E-state index contributed by atoms with van der Waals surface area (Å²) in [5.74, 6) is -1.64. The van der Waals surface area contributed by atoms with Crippen molar-refractivity contribution in [2.45, 2.75) is 45.6 Å². The van der Waals surface area contributed by atoms with Crippen LogP contribution in [-0.2, 0) is 16.1 Å². The Kier molecular flexibility index (Phi) is 4.04. The molecule has 2 aliphatic heterocycles. The molecular weight excluding hydrogens is 338 g/mol. The van der Waals surface area contributed by atoms with Crippen LogP contribution in [0, 0.1) is 22.5 Å². The van der Waals surface area contributed by atoms with Crippen molar-refractivity contribution >= 4 is 11.8 Å². The lowest BCUT2D eigenvalue weighted by Gasteiger charge is -2.39. The van der Waals surface area contributed by atoms with Crippen molar-refractivity contribution in [1.29, 1.82) is 0 Å². The number of amides is 2. The summed E-state index contributed by atoms with van der Waals surface area (Å²) >= 11 is 0. The molecule has 6 heteroatoms. The highest BCUT2D eigenvalue weighted by atomic mass is 19.2. The van der Waals surface area contributed by atoms with E-state index in [-0.39, 0.29) is 29.3 Å². The molecule has 4 nitrogen and oxygen atoms in total. The van der Waals surface area contributed by atoms with Crippen LogP contribution in [0.4, 0.5) is 8.78 Å². The van der Waals surface area contributed by atoms with Crippen LogP contribution < -0.4 is 0 Å². The maximum atomic E-state index is 14.0. The molecule has 1 aromatic rings. The van der Waals surface area contributed by atoms with Gasteiger partial charge in [-0.2, -0.15) is 0 Å². The third kappa shape index (κ3) is 2.79. The molecule has 1 spiro atoms. The number of halogens is 2. The van der Waals surface area contributed by atoms with Gasteiger partial charge in [-0.05, 0) is 38.2 Å². The number of hydrogen-bond acceptors (Lipinski definition) is 2. The first kappa shape index (κ1) is 17.4. The van der Waals surface area contributed by atoms with Gasteiger partial charge in [-0.15, -0.1) is 0 Å². The molecule has 1 unspecified atom stereocenters. The SMILES string of the molecule is CC1(C(=O)N2CCC3(CCCN(Cc4cccc(F)c4F)C3=O)C2)CC1. The summed E-state index contributed by atoms with van der Waals surface area (Å²) < 4.78 is 27.5. The molecule has 1 atom stereocenters. The maximum Gasteiger partial charge on any atom is 0.230 e. The fourth-order valence-corrected chi connectivity index (χ4v) is 4.39. The molecule has 3 fully saturated rings. The van der Waals surface area contributed by atoms with E-state index >= 15 is 0 Å². The molecule has 2 saturated heterocycles. The molecule has 26 heavy (non-hydrogen) atoms. The molecule has 0 bridgehead atoms. The molecule has 1 aliphatic carbocycles. The van der Waals surface area contributed by atoms with Gasteiger partial charge in [-0.3, -0.25) is 9.59 Å². The summed E-state index contributed by atoms with van der Waals surface area (Å²) in [5, 5.41) is 0. The molecule has 0 aromatic heterocycles. The molecule has 3 aliphatic rings. The summed E-state index contributed by atoms with van der Waals surface area (Å²) in [6.07, 6.45) is 4.09. The van der Waals surface area contributed by atoms with Crippen LogP contribution >= 0.6 is 0 Å². The minimum atomic E-state index is -0.892. The van der Waals surface area contributed by atoms with E-state index in [1.165, 1.54) is 12.1 Å². The van der Waals surface area contributed by atoms with Crippen LogP contribution in [0.2, 0.25) is 0 Å². The van der Waals surface area contributed by atoms with Crippen LogP contribution in [0.5, 0.6) is 0 Å². The molecular formula is C20H24F2N2O2. The third-order valence-corrected chi connectivity index (χ3v) is 6.37. The van der Waals surface area contributed by atoms with Gasteiger partial charge in [0.2, 0.25) is 11.8 Å². The highest BCUT2D eigenvalue weighted by Crippen LogP contribution is 2.49. The van der Waals surface area contributed by atoms with Gasteiger partial charge in [0.15, 0.2) is 11.6 Å². The summed E-state index contributed by atoms with van der Waals surface area (Å²) in [6.45, 7) is 3.69. The molecule has 4 rings (SSSR count). The molecule has 1 saturated carbocycles. The van der Waals surface area contributed by atoms with Crippen molar-refractivity contribution in [2.75, 3.05) is 19.6 Å². The first-order valence-corrected chi connectivity index (χ1v) is 9.36. The minimum absolute atomic E-state index is 0.0244. The maximum absolute atomic E-state index is 14.0. The van der Waals surface area contributed by atoms with E-state index < -0.39 is 17.0 Å². The topological polar surface area (TPSA) is 40.6 Å². The van der Waals surface area contributed by atoms with E-state index in [0.717, 1.165) is 31.7 Å². The van der Waals surface area contributed by atoms with Crippen LogP contribution in [0.3, 0.4) is 0 Å². The predicted octanol–water partition coefficient (Wildman–Crippen LogP) is 3.11. The van der Waals surface area contributed by atoms with Gasteiger partial charge in [0.05, 0.1) is 5.41 Å². The highest BCUT2D eigenvalue weighted by Gasteiger charge is 2.54. The number of likely N-dealkylation sites (tertiary alicyclic amines) is 2. The second-order valence-corrected chi connectivity index (χ2v) is 8.36. The zero-order valence-corrected chi connectivity index (χ0v) is 15.1. The van der Waals surface area contributed by atoms with Crippen molar-refractivity contribution in [1.82, 2.24) is 9.80 Å². The van der Waals surface area contributed by atoms with Crippen molar-refractivity contribution in [3.63, 3.8) is 0 Å². The molecule has 1 aromatic carbocycles. The Morgan fingerprint density at radius 1 is 1.15 bits per heavy atom. The Morgan fingerprint density at radius 2 is 1.92 bits per heavy atom. The summed E-state index contributed by atoms with van der Waals surface area (Å²) in [4.78, 5) is 29.3. The van der Waals surface area contributed by atoms with Crippen LogP contribution in [-0.4, -0.2) is 41.2 Å². The zero-order chi connectivity index (χ0) is 18.5. The number of nitrogens with zero attached hydrogens (tertiary/aromatic N) is 2. The normalized spacial score (nSPS) is 27.3. The lowest BCUT2D eigenvalue weighted by atomic mass is 9.78. The van der Waals surface area contributed by atoms with Crippen molar-refractivity contribution in [2.24, 2.45) is 10.8 Å². The number of rotatable bonds is 3. The van der Waals surface area contributed by atoms with Gasteiger partial charge in [0.1, 0.15) is 0 Å². The Morgan fingerprint density at radius 3 is 2.65 bits per heavy atom. The quantitative estimate of drug-likeness (QED) is 0.829. The lowest BCUT2D eigenvalue weighted by molar-refractivity contribution is -0.147. The number of carbonyl (C=O) groups is 2. The van der Waals surface area contributed by atoms with Crippen molar-refractivity contribution in [3.8, 4) is 0 Å². The second kappa shape index (κ2) is 6.03. The van der Waals surface area contributed by atoms with Crippen molar-refractivity contribution < 1.29 is 18.4 Å². The van der Waals surface area contributed by atoms with Gasteiger partial charge in [-0.1, -0.05) is 19.1 Å². The van der Waals surface area contributed by atoms with E-state index in [4.69, 9.17) is 0 Å². The monoisotopic (exact) mass is 362 g/mol. The summed E-state index contributed by atoms with van der Waals surface area (Å²) in [5.41, 5.74) is -0.580. The standard InChI is InChI=1S/C20H24F2N2O2/c1-19(7-8-19)17(25)24-11-9-20(13-24)6-3-10-23(18(20)26)12-14-4-2-5-15(21)16(14)22/h2,4-5H,3,6-13H2,1H3. The van der Waals surface area contributed by atoms with Crippen LogP contribution in [0.1, 0.15) is 44.6 Å². The number of piperidine rings is 1. The zero-order valence-electron chi connectivity index (χ0n) is 15.1. The smallest absolute Gasteiger partial charge is 0.230 e. The Balaban J connectivity index is 1.50. The van der Waals surface area contributed by atoms with Crippen LogP contribution in [0.25, 0.3) is 0 Å². The second-order valence-electron chi connectivity index (χ2n) is 8.36. The first-order chi connectivity index (χ1) is 12.3. The highest BCUT2D eigenvalue weighted by molar-refractivity contribution is 5.88. The van der Waals surface area contributed by atoms with Crippen molar-refractivity contribution in [3.05, 3.63) is 35.4 Å². The first-order valence-electron chi connectivity index (χ1n) is 9.36. The average Bonchev–Trinajstić information content (AvgIpc) is 3.23. The summed E-state index contributed by atoms with van der Waals surface area (Å²) in [6, 6.07) is 4.06. The fourth-order valence-electron chi connectivity index (χ4n) is 4.39. The Hall–Kier alpha value is -1.98. The molecule has 140 valence electrons. The number of benzene rings is 1. The minimum Gasteiger partial charge on any atom is -0.341 e. The van der Waals surface area contributed by atoms with Gasteiger partial charge < -0.3 is 9.80 Å².